The van der Waals surface area contributed by atoms with Crippen molar-refractivity contribution in [1.82, 2.24) is 10.2 Å². The lowest BCUT2D eigenvalue weighted by molar-refractivity contribution is -0.385. The molecule has 3 rings (SSSR count). The molecule has 0 aromatic heterocycles. The van der Waals surface area contributed by atoms with Gasteiger partial charge < -0.3 is 10.2 Å². The fraction of sp³-hybridized carbons (Fsp3) is 0.238. The van der Waals surface area contributed by atoms with E-state index in [4.69, 9.17) is 0 Å². The van der Waals surface area contributed by atoms with E-state index in [0.29, 0.717) is 5.56 Å². The monoisotopic (exact) mass is 415 g/mol. The fourth-order valence-corrected chi connectivity index (χ4v) is 3.48. The first-order chi connectivity index (χ1) is 14.2. The number of halogens is 2. The molecule has 9 heteroatoms. The van der Waals surface area contributed by atoms with E-state index in [1.54, 1.807) is 6.92 Å². The summed E-state index contributed by atoms with van der Waals surface area (Å²) in [5, 5.41) is 13.9. The zero-order valence-electron chi connectivity index (χ0n) is 16.3. The van der Waals surface area contributed by atoms with Gasteiger partial charge in [0.05, 0.1) is 10.5 Å². The summed E-state index contributed by atoms with van der Waals surface area (Å²) < 4.78 is 27.4. The number of likely N-dealkylation sites (N-methyl/N-ethyl adjacent to an activating group) is 1. The van der Waals surface area contributed by atoms with Crippen LogP contribution >= 0.6 is 0 Å². The highest BCUT2D eigenvalue weighted by atomic mass is 19.1. The van der Waals surface area contributed by atoms with Crippen LogP contribution in [0.5, 0.6) is 0 Å². The van der Waals surface area contributed by atoms with E-state index in [2.05, 4.69) is 5.32 Å². The molecule has 0 radical (unpaired) electrons. The van der Waals surface area contributed by atoms with Gasteiger partial charge in [-0.2, -0.15) is 0 Å². The molecule has 1 N–H and O–H groups in total. The fourth-order valence-electron chi connectivity index (χ4n) is 3.48. The molecule has 1 aliphatic rings. The van der Waals surface area contributed by atoms with E-state index in [1.165, 1.54) is 37.4 Å². The van der Waals surface area contributed by atoms with Crippen LogP contribution in [0.15, 0.2) is 48.2 Å². The Hall–Kier alpha value is -3.62. The van der Waals surface area contributed by atoms with Crippen molar-refractivity contribution in [2.75, 3.05) is 7.05 Å². The highest BCUT2D eigenvalue weighted by molar-refractivity contribution is 6.09. The second-order valence-electron chi connectivity index (χ2n) is 7.02. The molecule has 1 aliphatic heterocycles. The van der Waals surface area contributed by atoms with E-state index in [9.17, 15) is 28.5 Å². The van der Waals surface area contributed by atoms with Crippen molar-refractivity contribution in [2.24, 2.45) is 0 Å². The van der Waals surface area contributed by atoms with Gasteiger partial charge in [-0.25, -0.2) is 8.78 Å². The predicted molar refractivity (Wildman–Crippen MR) is 105 cm³/mol. The van der Waals surface area contributed by atoms with Crippen LogP contribution in [0.2, 0.25) is 0 Å². The number of rotatable bonds is 5. The van der Waals surface area contributed by atoms with E-state index in [1.807, 2.05) is 0 Å². The summed E-state index contributed by atoms with van der Waals surface area (Å²) >= 11 is 0. The van der Waals surface area contributed by atoms with Crippen LogP contribution in [-0.4, -0.2) is 34.2 Å². The molecular weight excluding hydrogens is 396 g/mol. The lowest BCUT2D eigenvalue weighted by Gasteiger charge is -2.41. The van der Waals surface area contributed by atoms with Crippen molar-refractivity contribution >= 4 is 23.6 Å². The molecule has 2 aromatic carbocycles. The third kappa shape index (κ3) is 3.78. The van der Waals surface area contributed by atoms with Crippen molar-refractivity contribution in [3.8, 4) is 0 Å². The summed E-state index contributed by atoms with van der Waals surface area (Å²) in [6, 6.07) is 8.92. The molecule has 156 valence electrons. The molecule has 1 fully saturated rings. The molecule has 1 heterocycles. The molecule has 7 nitrogen and oxygen atoms in total. The average molecular weight is 415 g/mol. The number of hydrogen-bond donors (Lipinski definition) is 1. The van der Waals surface area contributed by atoms with Gasteiger partial charge in [-0.15, -0.1) is 0 Å². The van der Waals surface area contributed by atoms with Crippen molar-refractivity contribution < 1.29 is 23.3 Å². The SMILES string of the molecule is CCC1(Cc2ccc(F)cc2)NC(=O)/C(=C\c2c(F)cccc2[N+](=O)[O-])N(C)C1=O. The Morgan fingerprint density at radius 2 is 1.83 bits per heavy atom. The van der Waals surface area contributed by atoms with Crippen LogP contribution in [0.3, 0.4) is 0 Å². The van der Waals surface area contributed by atoms with Gasteiger partial charge in [0.25, 0.3) is 17.5 Å². The number of benzene rings is 2. The van der Waals surface area contributed by atoms with Crippen molar-refractivity contribution in [3.63, 3.8) is 0 Å². The second kappa shape index (κ2) is 8.02. The van der Waals surface area contributed by atoms with E-state index in [-0.39, 0.29) is 18.5 Å². The van der Waals surface area contributed by atoms with Gasteiger partial charge in [0.15, 0.2) is 0 Å². The smallest absolute Gasteiger partial charge is 0.279 e. The normalized spacial score (nSPS) is 20.4. The lowest BCUT2D eigenvalue weighted by atomic mass is 9.84. The first-order valence-corrected chi connectivity index (χ1v) is 9.18. The van der Waals surface area contributed by atoms with Crippen LogP contribution in [0.25, 0.3) is 6.08 Å². The first kappa shape index (κ1) is 21.1. The summed E-state index contributed by atoms with van der Waals surface area (Å²) in [7, 11) is 1.36. The molecule has 1 unspecified atom stereocenters. The number of carbonyl (C=O) groups is 2. The van der Waals surface area contributed by atoms with Gasteiger partial charge >= 0.3 is 0 Å². The summed E-state index contributed by atoms with van der Waals surface area (Å²) in [4.78, 5) is 37.5. The van der Waals surface area contributed by atoms with Crippen molar-refractivity contribution in [2.45, 2.75) is 25.3 Å². The number of nitro benzene ring substituents is 1. The maximum absolute atomic E-state index is 14.2. The quantitative estimate of drug-likeness (QED) is 0.461. The topological polar surface area (TPSA) is 92.5 Å². The highest BCUT2D eigenvalue weighted by Crippen LogP contribution is 2.30. The van der Waals surface area contributed by atoms with E-state index in [0.717, 1.165) is 23.1 Å². The van der Waals surface area contributed by atoms with E-state index < -0.39 is 45.2 Å². The minimum atomic E-state index is -1.28. The summed E-state index contributed by atoms with van der Waals surface area (Å²) in [6.45, 7) is 1.73. The molecule has 2 amide bonds. The van der Waals surface area contributed by atoms with Gasteiger partial charge in [-0.3, -0.25) is 19.7 Å². The summed E-state index contributed by atoms with van der Waals surface area (Å²) in [5.41, 5.74) is -1.75. The Morgan fingerprint density at radius 3 is 2.43 bits per heavy atom. The molecule has 0 spiro atoms. The van der Waals surface area contributed by atoms with Gasteiger partial charge in [-0.05, 0) is 36.3 Å². The molecular formula is C21H19F2N3O4. The van der Waals surface area contributed by atoms with Gasteiger partial charge in [0, 0.05) is 19.5 Å². The maximum atomic E-state index is 14.2. The minimum absolute atomic E-state index is 0.131. The number of piperazine rings is 1. The van der Waals surface area contributed by atoms with Crippen LogP contribution in [0.4, 0.5) is 14.5 Å². The van der Waals surface area contributed by atoms with Crippen LogP contribution in [-0.2, 0) is 16.0 Å². The molecule has 1 saturated heterocycles. The number of nitrogens with zero attached hydrogens (tertiary/aromatic N) is 2. The molecule has 0 saturated carbocycles. The molecule has 0 aliphatic carbocycles. The standard InChI is InChI=1S/C21H19F2N3O4/c1-3-21(12-13-7-9-14(22)10-8-13)20(28)25(2)18(19(27)24-21)11-15-16(23)5-4-6-17(15)26(29)30/h4-11H,3,12H2,1-2H3,(H,24,27)/b18-11+. The molecule has 30 heavy (non-hydrogen) atoms. The minimum Gasteiger partial charge on any atom is -0.336 e. The molecule has 2 aromatic rings. The van der Waals surface area contributed by atoms with Crippen molar-refractivity contribution in [3.05, 3.63) is 81.0 Å². The van der Waals surface area contributed by atoms with Gasteiger partial charge in [0.1, 0.15) is 22.9 Å². The Kier molecular flexibility index (Phi) is 5.64. The summed E-state index contributed by atoms with van der Waals surface area (Å²) in [5.74, 6) is -2.43. The van der Waals surface area contributed by atoms with Crippen LogP contribution in [0, 0.1) is 21.7 Å². The van der Waals surface area contributed by atoms with Gasteiger partial charge in [0.2, 0.25) is 0 Å². The predicted octanol–water partition coefficient (Wildman–Crippen LogP) is 3.19. The largest absolute Gasteiger partial charge is 0.336 e. The van der Waals surface area contributed by atoms with Crippen LogP contribution in [0.1, 0.15) is 24.5 Å². The Labute approximate surface area is 171 Å². The number of amides is 2. The summed E-state index contributed by atoms with van der Waals surface area (Å²) in [6.07, 6.45) is 1.39. The molecule has 0 bridgehead atoms. The van der Waals surface area contributed by atoms with Crippen LogP contribution < -0.4 is 5.32 Å². The Morgan fingerprint density at radius 1 is 1.17 bits per heavy atom. The van der Waals surface area contributed by atoms with Gasteiger partial charge in [-0.1, -0.05) is 25.1 Å². The Balaban J connectivity index is 2.00. The number of nitrogens with one attached hydrogen (secondary N) is 1. The first-order valence-electron chi connectivity index (χ1n) is 9.18. The lowest BCUT2D eigenvalue weighted by Crippen LogP contribution is -2.65. The molecule has 1 atom stereocenters. The maximum Gasteiger partial charge on any atom is 0.279 e. The average Bonchev–Trinajstić information content (AvgIpc) is 2.71. The highest BCUT2D eigenvalue weighted by Gasteiger charge is 2.46. The second-order valence-corrected chi connectivity index (χ2v) is 7.02. The zero-order valence-corrected chi connectivity index (χ0v) is 16.3. The third-order valence-corrected chi connectivity index (χ3v) is 5.19. The van der Waals surface area contributed by atoms with Crippen molar-refractivity contribution in [1.29, 1.82) is 0 Å². The number of nitro groups is 1. The number of carbonyl (C=O) groups excluding carboxylic acids is 2. The third-order valence-electron chi connectivity index (χ3n) is 5.19. The number of hydrogen-bond acceptors (Lipinski definition) is 4. The Bertz CT molecular complexity index is 1050. The zero-order chi connectivity index (χ0) is 22.1. The van der Waals surface area contributed by atoms with E-state index >= 15 is 0 Å².